The Balaban J connectivity index is 0. The van der Waals surface area contributed by atoms with Crippen molar-refractivity contribution in [2.75, 3.05) is 13.2 Å². The predicted octanol–water partition coefficient (Wildman–Crippen LogP) is 3.20. The molecule has 0 amide bonds. The monoisotopic (exact) mass is 315 g/mol. The first-order valence-electron chi connectivity index (χ1n) is 8.02. The van der Waals surface area contributed by atoms with Crippen LogP contribution in [0, 0.1) is 5.41 Å². The molecule has 0 saturated heterocycles. The highest BCUT2D eigenvalue weighted by molar-refractivity contribution is 5.75. The second kappa shape index (κ2) is 10.6. The normalized spacial score (nSPS) is 12.5. The zero-order valence-corrected chi connectivity index (χ0v) is 15.8. The lowest BCUT2D eigenvalue weighted by Crippen LogP contribution is -2.40. The fraction of sp³-hybridized carbons (Fsp3) is 0.824. The number of hydrazine groups is 1. The fourth-order valence-electron chi connectivity index (χ4n) is 1.60. The molecule has 5 heteroatoms. The number of carbonyl (C=O) groups excluding carboxylic acids is 1. The first-order chi connectivity index (χ1) is 9.91. The Hall–Kier alpha value is -1.07. The van der Waals surface area contributed by atoms with Gasteiger partial charge in [0.15, 0.2) is 0 Å². The molecular formula is C17H37N3O2. The molecule has 0 radical (unpaired) electrons. The summed E-state index contributed by atoms with van der Waals surface area (Å²) in [5.41, 5.74) is 6.22. The van der Waals surface area contributed by atoms with E-state index in [4.69, 9.17) is 16.3 Å². The third-order valence-electron chi connectivity index (χ3n) is 2.60. The van der Waals surface area contributed by atoms with Gasteiger partial charge in [-0.2, -0.15) is 0 Å². The van der Waals surface area contributed by atoms with Crippen molar-refractivity contribution in [1.82, 2.24) is 5.01 Å². The Morgan fingerprint density at radius 1 is 1.14 bits per heavy atom. The lowest BCUT2D eigenvalue weighted by Gasteiger charge is -2.32. The van der Waals surface area contributed by atoms with Crippen LogP contribution in [0.2, 0.25) is 0 Å². The van der Waals surface area contributed by atoms with E-state index in [-0.39, 0.29) is 16.8 Å². The molecule has 0 saturated carbocycles. The summed E-state index contributed by atoms with van der Waals surface area (Å²) >= 11 is 0. The Morgan fingerprint density at radius 3 is 2.05 bits per heavy atom. The van der Waals surface area contributed by atoms with E-state index in [2.05, 4.69) is 13.8 Å². The number of Topliss-reactive ketones (excluding diaryl/α,β-unsaturated/α-hetero) is 1. The first-order valence-corrected chi connectivity index (χ1v) is 8.02. The number of hydrogen-bond acceptors (Lipinski definition) is 5. The fourth-order valence-corrected chi connectivity index (χ4v) is 1.60. The molecule has 0 fully saturated rings. The molecule has 132 valence electrons. The van der Waals surface area contributed by atoms with Crippen LogP contribution in [-0.4, -0.2) is 29.5 Å². The van der Waals surface area contributed by atoms with Gasteiger partial charge in [-0.25, -0.2) is 5.84 Å². The van der Waals surface area contributed by atoms with Gasteiger partial charge in [0, 0.05) is 30.3 Å². The van der Waals surface area contributed by atoms with Crippen LogP contribution in [0.25, 0.3) is 0 Å². The largest absolute Gasteiger partial charge is 0.401 e. The second-order valence-corrected chi connectivity index (χ2v) is 7.14. The molecule has 0 bridgehead atoms. The molecule has 0 atom stereocenters. The van der Waals surface area contributed by atoms with Gasteiger partial charge in [0.2, 0.25) is 0 Å². The van der Waals surface area contributed by atoms with E-state index in [1.165, 1.54) is 0 Å². The summed E-state index contributed by atoms with van der Waals surface area (Å²) in [4.78, 5) is 10.9. The quantitative estimate of drug-likeness (QED) is 0.531. The van der Waals surface area contributed by atoms with Crippen LogP contribution in [0.1, 0.15) is 68.2 Å². The zero-order valence-electron chi connectivity index (χ0n) is 15.8. The van der Waals surface area contributed by atoms with Crippen LogP contribution in [0.15, 0.2) is 11.9 Å². The molecule has 4 N–H and O–H groups in total. The summed E-state index contributed by atoms with van der Waals surface area (Å²) in [5.74, 6) is 6.07. The molecule has 0 aliphatic heterocycles. The van der Waals surface area contributed by atoms with Crippen molar-refractivity contribution in [3.8, 4) is 0 Å². The Bertz CT molecular complexity index is 344. The summed E-state index contributed by atoms with van der Waals surface area (Å²) < 4.78 is 5.80. The number of hydrogen-bond donors (Lipinski definition) is 2. The van der Waals surface area contributed by atoms with Gasteiger partial charge in [-0.3, -0.25) is 0 Å². The van der Waals surface area contributed by atoms with E-state index < -0.39 is 0 Å². The maximum absolute atomic E-state index is 10.9. The van der Waals surface area contributed by atoms with Crippen molar-refractivity contribution < 1.29 is 9.53 Å². The summed E-state index contributed by atoms with van der Waals surface area (Å²) in [6.45, 7) is 17.1. The lowest BCUT2D eigenvalue weighted by molar-refractivity contribution is -0.116. The van der Waals surface area contributed by atoms with Crippen LogP contribution >= 0.6 is 0 Å². The minimum Gasteiger partial charge on any atom is -0.401 e. The third-order valence-corrected chi connectivity index (χ3v) is 2.60. The van der Waals surface area contributed by atoms with Gasteiger partial charge in [0.1, 0.15) is 5.78 Å². The summed E-state index contributed by atoms with van der Waals surface area (Å²) in [6.07, 6.45) is 2.69. The second-order valence-electron chi connectivity index (χ2n) is 7.14. The van der Waals surface area contributed by atoms with Gasteiger partial charge in [0.25, 0.3) is 0 Å². The number of nitrogens with zero attached hydrogens (tertiary/aromatic N) is 1. The van der Waals surface area contributed by atoms with E-state index in [0.29, 0.717) is 31.7 Å². The number of allylic oxidation sites excluding steroid dienone is 1. The minimum atomic E-state index is -0.160. The SMILES string of the molecule is CC.CC(=O)CC/C(N)=C/N(N)CC(C)(C)COC(C)(C)C. The molecule has 0 aliphatic carbocycles. The van der Waals surface area contributed by atoms with E-state index in [0.717, 1.165) is 0 Å². The zero-order chi connectivity index (χ0) is 18.0. The number of ketones is 1. The van der Waals surface area contributed by atoms with Crippen molar-refractivity contribution in [2.45, 2.75) is 73.8 Å². The smallest absolute Gasteiger partial charge is 0.130 e. The third kappa shape index (κ3) is 15.3. The van der Waals surface area contributed by atoms with Gasteiger partial charge in [-0.1, -0.05) is 27.7 Å². The van der Waals surface area contributed by atoms with Crippen molar-refractivity contribution in [2.24, 2.45) is 17.0 Å². The van der Waals surface area contributed by atoms with Gasteiger partial charge >= 0.3 is 0 Å². The van der Waals surface area contributed by atoms with Gasteiger partial charge in [0.05, 0.1) is 12.2 Å². The summed E-state index contributed by atoms with van der Waals surface area (Å²) in [6, 6.07) is 0. The number of rotatable bonds is 8. The molecule has 0 aromatic heterocycles. The molecule has 0 aromatic rings. The molecule has 0 aromatic carbocycles. The summed E-state index contributed by atoms with van der Waals surface area (Å²) in [5, 5.41) is 1.57. The van der Waals surface area contributed by atoms with E-state index >= 15 is 0 Å². The Morgan fingerprint density at radius 2 is 1.64 bits per heavy atom. The van der Waals surface area contributed by atoms with E-state index in [1.807, 2.05) is 34.6 Å². The average Bonchev–Trinajstić information content (AvgIpc) is 2.35. The highest BCUT2D eigenvalue weighted by Crippen LogP contribution is 2.20. The molecule has 22 heavy (non-hydrogen) atoms. The lowest BCUT2D eigenvalue weighted by atomic mass is 9.94. The van der Waals surface area contributed by atoms with Crippen molar-refractivity contribution >= 4 is 5.78 Å². The number of ether oxygens (including phenoxy) is 1. The van der Waals surface area contributed by atoms with Crippen LogP contribution in [0.4, 0.5) is 0 Å². The van der Waals surface area contributed by atoms with Crippen LogP contribution < -0.4 is 11.6 Å². The van der Waals surface area contributed by atoms with Crippen LogP contribution in [-0.2, 0) is 9.53 Å². The standard InChI is InChI=1S/C15H31N3O2.C2H6/c1-12(19)7-8-13(16)9-18(17)10-15(5,6)11-20-14(2,3)4;1-2/h9H,7-8,10-11,16-17H2,1-6H3;1-2H3/b13-9-;. The van der Waals surface area contributed by atoms with Crippen LogP contribution in [0.3, 0.4) is 0 Å². The van der Waals surface area contributed by atoms with Crippen molar-refractivity contribution in [3.05, 3.63) is 11.9 Å². The first kappa shape index (κ1) is 23.2. The molecular weight excluding hydrogens is 278 g/mol. The topological polar surface area (TPSA) is 81.6 Å². The molecule has 0 aliphatic rings. The molecule has 0 rings (SSSR count). The Kier molecular flexibility index (Phi) is 11.2. The van der Waals surface area contributed by atoms with Crippen LogP contribution in [0.5, 0.6) is 0 Å². The molecule has 0 heterocycles. The van der Waals surface area contributed by atoms with Gasteiger partial charge in [-0.05, 0) is 34.1 Å². The van der Waals surface area contributed by atoms with Gasteiger partial charge < -0.3 is 20.3 Å². The molecule has 0 unspecified atom stereocenters. The highest BCUT2D eigenvalue weighted by atomic mass is 16.5. The Labute approximate surface area is 137 Å². The summed E-state index contributed by atoms with van der Waals surface area (Å²) in [7, 11) is 0. The van der Waals surface area contributed by atoms with E-state index in [1.54, 1.807) is 18.1 Å². The maximum atomic E-state index is 10.9. The molecule has 5 nitrogen and oxygen atoms in total. The number of carbonyl (C=O) groups is 1. The predicted molar refractivity (Wildman–Crippen MR) is 93.9 cm³/mol. The van der Waals surface area contributed by atoms with Crippen molar-refractivity contribution in [1.29, 1.82) is 0 Å². The van der Waals surface area contributed by atoms with Crippen molar-refractivity contribution in [3.63, 3.8) is 0 Å². The van der Waals surface area contributed by atoms with E-state index in [9.17, 15) is 4.79 Å². The average molecular weight is 316 g/mol. The molecule has 0 spiro atoms. The van der Waals surface area contributed by atoms with Gasteiger partial charge in [-0.15, -0.1) is 0 Å². The maximum Gasteiger partial charge on any atom is 0.130 e. The highest BCUT2D eigenvalue weighted by Gasteiger charge is 2.23. The minimum absolute atomic E-state index is 0.0839. The number of nitrogens with two attached hydrogens (primary N) is 2.